The number of nitrogens with zero attached hydrogens (tertiary/aromatic N) is 2. The van der Waals surface area contributed by atoms with Crippen molar-refractivity contribution in [1.82, 2.24) is 4.90 Å². The van der Waals surface area contributed by atoms with E-state index < -0.39 is 5.82 Å². The van der Waals surface area contributed by atoms with Gasteiger partial charge in [-0.3, -0.25) is 4.79 Å². The standard InChI is InChI=1S/C20H22FN3O2/c1-14-3-8-19(18(21)13-14)22-20(26)24-11-9-23(10-12-24)17-6-4-16(5-7-17)15(2)25/h3-8,13H,9-12H2,1-2H3,(H,22,26). The third-order valence-corrected chi connectivity index (χ3v) is 4.57. The summed E-state index contributed by atoms with van der Waals surface area (Å²) in [7, 11) is 0. The molecule has 2 amide bonds. The summed E-state index contributed by atoms with van der Waals surface area (Å²) in [6.07, 6.45) is 0. The molecule has 5 nitrogen and oxygen atoms in total. The number of hydrogen-bond acceptors (Lipinski definition) is 3. The Kier molecular flexibility index (Phi) is 5.21. The second kappa shape index (κ2) is 7.56. The Bertz CT molecular complexity index is 812. The first kappa shape index (κ1) is 17.9. The average molecular weight is 355 g/mol. The van der Waals surface area contributed by atoms with E-state index in [0.717, 1.165) is 11.3 Å². The summed E-state index contributed by atoms with van der Waals surface area (Å²) in [5, 5.41) is 2.64. The maximum absolute atomic E-state index is 13.9. The third kappa shape index (κ3) is 4.02. The van der Waals surface area contributed by atoms with Crippen LogP contribution in [0.25, 0.3) is 0 Å². The number of carbonyl (C=O) groups is 2. The lowest BCUT2D eigenvalue weighted by molar-refractivity contribution is 0.101. The van der Waals surface area contributed by atoms with Crippen LogP contribution in [0.4, 0.5) is 20.6 Å². The van der Waals surface area contributed by atoms with Crippen molar-refractivity contribution >= 4 is 23.2 Å². The van der Waals surface area contributed by atoms with Crippen LogP contribution < -0.4 is 10.2 Å². The van der Waals surface area contributed by atoms with Crippen molar-refractivity contribution in [2.75, 3.05) is 36.4 Å². The molecule has 3 rings (SSSR count). The van der Waals surface area contributed by atoms with Gasteiger partial charge in [0.15, 0.2) is 5.78 Å². The number of rotatable bonds is 3. The van der Waals surface area contributed by atoms with Gasteiger partial charge in [-0.05, 0) is 55.8 Å². The highest BCUT2D eigenvalue weighted by Crippen LogP contribution is 2.19. The van der Waals surface area contributed by atoms with E-state index in [0.29, 0.717) is 31.7 Å². The molecule has 2 aromatic carbocycles. The molecular formula is C20H22FN3O2. The Morgan fingerprint density at radius 1 is 1.00 bits per heavy atom. The zero-order chi connectivity index (χ0) is 18.7. The van der Waals surface area contributed by atoms with E-state index in [2.05, 4.69) is 10.2 Å². The minimum absolute atomic E-state index is 0.0429. The van der Waals surface area contributed by atoms with Gasteiger partial charge in [0.2, 0.25) is 0 Å². The van der Waals surface area contributed by atoms with E-state index in [-0.39, 0.29) is 17.5 Å². The smallest absolute Gasteiger partial charge is 0.322 e. The van der Waals surface area contributed by atoms with Crippen molar-refractivity contribution in [2.45, 2.75) is 13.8 Å². The summed E-state index contributed by atoms with van der Waals surface area (Å²) in [6, 6.07) is 11.9. The average Bonchev–Trinajstić information content (AvgIpc) is 2.64. The van der Waals surface area contributed by atoms with Gasteiger partial charge in [-0.2, -0.15) is 0 Å². The molecule has 1 aliphatic rings. The number of urea groups is 1. The van der Waals surface area contributed by atoms with Gasteiger partial charge >= 0.3 is 6.03 Å². The second-order valence-corrected chi connectivity index (χ2v) is 6.49. The maximum atomic E-state index is 13.9. The Hall–Kier alpha value is -2.89. The molecule has 26 heavy (non-hydrogen) atoms. The van der Waals surface area contributed by atoms with Crippen LogP contribution in [-0.2, 0) is 0 Å². The number of carbonyl (C=O) groups excluding carboxylic acids is 2. The summed E-state index contributed by atoms with van der Waals surface area (Å²) >= 11 is 0. The molecule has 0 bridgehead atoms. The van der Waals surface area contributed by atoms with Crippen LogP contribution in [0.3, 0.4) is 0 Å². The van der Waals surface area contributed by atoms with Gasteiger partial charge in [0.05, 0.1) is 5.69 Å². The van der Waals surface area contributed by atoms with E-state index in [4.69, 9.17) is 0 Å². The Morgan fingerprint density at radius 2 is 1.65 bits per heavy atom. The topological polar surface area (TPSA) is 52.7 Å². The first-order chi connectivity index (χ1) is 12.4. The van der Waals surface area contributed by atoms with Crippen LogP contribution in [0.5, 0.6) is 0 Å². The highest BCUT2D eigenvalue weighted by Gasteiger charge is 2.22. The van der Waals surface area contributed by atoms with Crippen LogP contribution in [0.2, 0.25) is 0 Å². The third-order valence-electron chi connectivity index (χ3n) is 4.57. The zero-order valence-corrected chi connectivity index (χ0v) is 15.0. The van der Waals surface area contributed by atoms with Crippen LogP contribution in [0.15, 0.2) is 42.5 Å². The molecule has 1 N–H and O–H groups in total. The molecule has 0 radical (unpaired) electrons. The Morgan fingerprint density at radius 3 is 2.23 bits per heavy atom. The highest BCUT2D eigenvalue weighted by atomic mass is 19.1. The molecule has 2 aromatic rings. The normalized spacial score (nSPS) is 14.3. The lowest BCUT2D eigenvalue weighted by atomic mass is 10.1. The summed E-state index contributed by atoms with van der Waals surface area (Å²) in [6.45, 7) is 5.81. The molecule has 0 aromatic heterocycles. The second-order valence-electron chi connectivity index (χ2n) is 6.49. The minimum Gasteiger partial charge on any atom is -0.368 e. The van der Waals surface area contributed by atoms with E-state index >= 15 is 0 Å². The first-order valence-corrected chi connectivity index (χ1v) is 8.62. The molecule has 1 heterocycles. The Labute approximate surface area is 152 Å². The number of hydrogen-bond donors (Lipinski definition) is 1. The summed E-state index contributed by atoms with van der Waals surface area (Å²) in [5.74, 6) is -0.385. The molecular weight excluding hydrogens is 333 g/mol. The quantitative estimate of drug-likeness (QED) is 0.855. The van der Waals surface area contributed by atoms with Gasteiger partial charge in [0, 0.05) is 37.4 Å². The van der Waals surface area contributed by atoms with Crippen LogP contribution in [0.1, 0.15) is 22.8 Å². The lowest BCUT2D eigenvalue weighted by Gasteiger charge is -2.36. The SMILES string of the molecule is CC(=O)c1ccc(N2CCN(C(=O)Nc3ccc(C)cc3F)CC2)cc1. The van der Waals surface area contributed by atoms with Gasteiger partial charge in [-0.25, -0.2) is 9.18 Å². The number of piperazine rings is 1. The number of ketones is 1. The van der Waals surface area contributed by atoms with Crippen molar-refractivity contribution in [3.05, 3.63) is 59.4 Å². The molecule has 0 atom stereocenters. The van der Waals surface area contributed by atoms with Crippen LogP contribution >= 0.6 is 0 Å². The van der Waals surface area contributed by atoms with E-state index in [9.17, 15) is 14.0 Å². The van der Waals surface area contributed by atoms with E-state index in [1.54, 1.807) is 30.9 Å². The molecule has 1 fully saturated rings. The largest absolute Gasteiger partial charge is 0.368 e. The molecule has 0 aliphatic carbocycles. The number of nitrogens with one attached hydrogen (secondary N) is 1. The van der Waals surface area contributed by atoms with E-state index in [1.807, 2.05) is 24.3 Å². The van der Waals surface area contributed by atoms with Crippen molar-refractivity contribution in [3.63, 3.8) is 0 Å². The van der Waals surface area contributed by atoms with Crippen molar-refractivity contribution < 1.29 is 14.0 Å². The van der Waals surface area contributed by atoms with Crippen LogP contribution in [0, 0.1) is 12.7 Å². The maximum Gasteiger partial charge on any atom is 0.322 e. The summed E-state index contributed by atoms with van der Waals surface area (Å²) < 4.78 is 13.9. The highest BCUT2D eigenvalue weighted by molar-refractivity contribution is 5.94. The molecule has 0 spiro atoms. The minimum atomic E-state index is -0.428. The monoisotopic (exact) mass is 355 g/mol. The number of anilines is 2. The molecule has 0 saturated carbocycles. The first-order valence-electron chi connectivity index (χ1n) is 8.62. The van der Waals surface area contributed by atoms with Crippen molar-refractivity contribution in [1.29, 1.82) is 0 Å². The van der Waals surface area contributed by atoms with Gasteiger partial charge in [-0.15, -0.1) is 0 Å². The molecule has 1 aliphatic heterocycles. The van der Waals surface area contributed by atoms with Crippen molar-refractivity contribution in [3.8, 4) is 0 Å². The fourth-order valence-corrected chi connectivity index (χ4v) is 2.99. The lowest BCUT2D eigenvalue weighted by Crippen LogP contribution is -2.50. The number of Topliss-reactive ketones (excluding diaryl/α,β-unsaturated/α-hetero) is 1. The summed E-state index contributed by atoms with van der Waals surface area (Å²) in [5.41, 5.74) is 2.72. The van der Waals surface area contributed by atoms with Gasteiger partial charge < -0.3 is 15.1 Å². The number of aryl methyl sites for hydroxylation is 1. The fraction of sp³-hybridized carbons (Fsp3) is 0.300. The van der Waals surface area contributed by atoms with E-state index in [1.165, 1.54) is 6.07 Å². The predicted octanol–water partition coefficient (Wildman–Crippen LogP) is 3.69. The number of amides is 2. The van der Waals surface area contributed by atoms with Crippen LogP contribution in [-0.4, -0.2) is 42.9 Å². The van der Waals surface area contributed by atoms with Crippen molar-refractivity contribution in [2.24, 2.45) is 0 Å². The fourth-order valence-electron chi connectivity index (χ4n) is 2.99. The number of benzene rings is 2. The predicted molar refractivity (Wildman–Crippen MR) is 100 cm³/mol. The Balaban J connectivity index is 1.57. The van der Waals surface area contributed by atoms with Gasteiger partial charge in [0.25, 0.3) is 0 Å². The molecule has 136 valence electrons. The molecule has 6 heteroatoms. The number of halogens is 1. The zero-order valence-electron chi connectivity index (χ0n) is 15.0. The van der Waals surface area contributed by atoms with Gasteiger partial charge in [-0.1, -0.05) is 6.07 Å². The molecule has 1 saturated heterocycles. The summed E-state index contributed by atoms with van der Waals surface area (Å²) in [4.78, 5) is 27.6. The van der Waals surface area contributed by atoms with Gasteiger partial charge in [0.1, 0.15) is 5.82 Å². The molecule has 0 unspecified atom stereocenters.